The van der Waals surface area contributed by atoms with Crippen molar-refractivity contribution in [3.63, 3.8) is 0 Å². The predicted molar refractivity (Wildman–Crippen MR) is 105 cm³/mol. The van der Waals surface area contributed by atoms with Crippen molar-refractivity contribution in [2.24, 2.45) is 0 Å². The van der Waals surface area contributed by atoms with Crippen LogP contribution >= 0.6 is 11.6 Å². The highest BCUT2D eigenvalue weighted by Gasteiger charge is 2.38. The second-order valence-corrected chi connectivity index (χ2v) is 8.05. The lowest BCUT2D eigenvalue weighted by Crippen LogP contribution is -2.57. The molecule has 6 heteroatoms. The molecule has 1 fully saturated rings. The molecule has 1 spiro atoms. The first-order chi connectivity index (χ1) is 13.1. The topological polar surface area (TPSA) is 49.6 Å². The lowest BCUT2D eigenvalue weighted by atomic mass is 9.78. The van der Waals surface area contributed by atoms with Gasteiger partial charge >= 0.3 is 0 Å². The number of carbonyl (C=O) groups is 1. The Balaban J connectivity index is 1.30. The third-order valence-corrected chi connectivity index (χ3v) is 6.17. The van der Waals surface area contributed by atoms with Gasteiger partial charge in [0.2, 0.25) is 0 Å². The van der Waals surface area contributed by atoms with Gasteiger partial charge in [-0.1, -0.05) is 35.9 Å². The second kappa shape index (κ2) is 6.36. The number of rotatable bonds is 1. The summed E-state index contributed by atoms with van der Waals surface area (Å²) in [4.78, 5) is 19.3. The average molecular weight is 381 g/mol. The van der Waals surface area contributed by atoms with E-state index in [1.165, 1.54) is 11.1 Å². The van der Waals surface area contributed by atoms with E-state index in [0.29, 0.717) is 10.7 Å². The fraction of sp³-hybridized carbons (Fsp3) is 0.333. The van der Waals surface area contributed by atoms with Crippen LogP contribution < -0.4 is 5.32 Å². The zero-order valence-corrected chi connectivity index (χ0v) is 15.7. The van der Waals surface area contributed by atoms with Crippen molar-refractivity contribution >= 4 is 23.2 Å². The number of hydrogen-bond acceptors (Lipinski definition) is 3. The van der Waals surface area contributed by atoms with Gasteiger partial charge in [-0.3, -0.25) is 4.79 Å². The molecule has 27 heavy (non-hydrogen) atoms. The number of amides is 1. The molecule has 5 nitrogen and oxygen atoms in total. The monoisotopic (exact) mass is 380 g/mol. The van der Waals surface area contributed by atoms with Crippen LogP contribution in [0, 0.1) is 0 Å². The van der Waals surface area contributed by atoms with Gasteiger partial charge in [-0.25, -0.2) is 4.98 Å². The number of carbonyl (C=O) groups excluding carboxylic acids is 1. The summed E-state index contributed by atoms with van der Waals surface area (Å²) in [5.41, 5.74) is 4.16. The highest BCUT2D eigenvalue weighted by Crippen LogP contribution is 2.32. The lowest BCUT2D eigenvalue weighted by molar-refractivity contribution is 0.0626. The molecule has 2 aliphatic rings. The highest BCUT2D eigenvalue weighted by molar-refractivity contribution is 6.30. The van der Waals surface area contributed by atoms with Crippen LogP contribution in [0.25, 0.3) is 5.65 Å². The minimum absolute atomic E-state index is 0.000817. The van der Waals surface area contributed by atoms with Crippen LogP contribution in [0.15, 0.2) is 48.8 Å². The van der Waals surface area contributed by atoms with Crippen LogP contribution in [-0.2, 0) is 13.0 Å². The van der Waals surface area contributed by atoms with E-state index in [1.807, 2.05) is 11.0 Å². The van der Waals surface area contributed by atoms with Crippen molar-refractivity contribution in [3.05, 3.63) is 70.6 Å². The molecule has 1 aromatic carbocycles. The molecule has 2 aromatic heterocycles. The number of fused-ring (bicyclic) bond motifs is 2. The van der Waals surface area contributed by atoms with Gasteiger partial charge in [0.05, 0.1) is 5.02 Å². The van der Waals surface area contributed by atoms with E-state index in [9.17, 15) is 4.79 Å². The summed E-state index contributed by atoms with van der Waals surface area (Å²) in [6, 6.07) is 12.3. The molecular formula is C21H21ClN4O. The third-order valence-electron chi connectivity index (χ3n) is 5.94. The van der Waals surface area contributed by atoms with Crippen molar-refractivity contribution in [3.8, 4) is 0 Å². The maximum Gasteiger partial charge on any atom is 0.274 e. The number of nitrogens with zero attached hydrogens (tertiary/aromatic N) is 3. The summed E-state index contributed by atoms with van der Waals surface area (Å²) in [6.45, 7) is 2.42. The van der Waals surface area contributed by atoms with E-state index in [1.54, 1.807) is 22.9 Å². The third kappa shape index (κ3) is 3.01. The number of pyridine rings is 1. The van der Waals surface area contributed by atoms with Gasteiger partial charge in [0.25, 0.3) is 5.91 Å². The Bertz CT molecular complexity index is 1020. The SMILES string of the molecule is O=C(c1cn2cc(Cl)ccc2n1)N1CCC2(CC1)Cc1ccccc1CN2. The quantitative estimate of drug-likeness (QED) is 0.704. The number of hydrogen-bond donors (Lipinski definition) is 1. The van der Waals surface area contributed by atoms with Gasteiger partial charge in [0, 0.05) is 37.6 Å². The van der Waals surface area contributed by atoms with Gasteiger partial charge < -0.3 is 14.6 Å². The van der Waals surface area contributed by atoms with E-state index in [0.717, 1.165) is 44.5 Å². The van der Waals surface area contributed by atoms with Gasteiger partial charge in [0.1, 0.15) is 11.3 Å². The Morgan fingerprint density at radius 3 is 2.67 bits per heavy atom. The van der Waals surface area contributed by atoms with E-state index in [2.05, 4.69) is 34.6 Å². The smallest absolute Gasteiger partial charge is 0.274 e. The maximum absolute atomic E-state index is 12.9. The number of piperidine rings is 1. The summed E-state index contributed by atoms with van der Waals surface area (Å²) in [5, 5.41) is 4.37. The molecule has 5 rings (SSSR count). The lowest BCUT2D eigenvalue weighted by Gasteiger charge is -2.45. The maximum atomic E-state index is 12.9. The molecule has 0 unspecified atom stereocenters. The summed E-state index contributed by atoms with van der Waals surface area (Å²) >= 11 is 6.02. The van der Waals surface area contributed by atoms with Crippen molar-refractivity contribution in [1.82, 2.24) is 19.6 Å². The summed E-state index contributed by atoms with van der Waals surface area (Å²) in [6.07, 6.45) is 6.51. The van der Waals surface area contributed by atoms with Crippen LogP contribution in [0.4, 0.5) is 0 Å². The molecule has 0 saturated carbocycles. The number of aromatic nitrogens is 2. The van der Waals surface area contributed by atoms with Crippen LogP contribution in [0.1, 0.15) is 34.5 Å². The minimum Gasteiger partial charge on any atom is -0.337 e. The number of nitrogens with one attached hydrogen (secondary N) is 1. The first kappa shape index (κ1) is 16.8. The molecule has 138 valence electrons. The first-order valence-electron chi connectivity index (χ1n) is 9.37. The molecular weight excluding hydrogens is 360 g/mol. The number of halogens is 1. The fourth-order valence-corrected chi connectivity index (χ4v) is 4.50. The molecule has 0 aliphatic carbocycles. The molecule has 0 bridgehead atoms. The highest BCUT2D eigenvalue weighted by atomic mass is 35.5. The normalized spacial score (nSPS) is 18.6. The Kier molecular flexibility index (Phi) is 3.95. The van der Waals surface area contributed by atoms with Gasteiger partial charge in [-0.2, -0.15) is 0 Å². The molecule has 1 N–H and O–H groups in total. The van der Waals surface area contributed by atoms with Gasteiger partial charge in [-0.15, -0.1) is 0 Å². The second-order valence-electron chi connectivity index (χ2n) is 7.61. The molecule has 1 amide bonds. The number of imidazole rings is 1. The van der Waals surface area contributed by atoms with E-state index < -0.39 is 0 Å². The van der Waals surface area contributed by atoms with Crippen LogP contribution in [0.3, 0.4) is 0 Å². The van der Waals surface area contributed by atoms with Crippen LogP contribution in [-0.4, -0.2) is 38.8 Å². The van der Waals surface area contributed by atoms with Crippen LogP contribution in [0.5, 0.6) is 0 Å². The van der Waals surface area contributed by atoms with Gasteiger partial charge in [-0.05, 0) is 42.5 Å². The Morgan fingerprint density at radius 2 is 1.85 bits per heavy atom. The van der Waals surface area contributed by atoms with Crippen molar-refractivity contribution in [2.45, 2.75) is 31.3 Å². The Labute approximate surface area is 163 Å². The zero-order valence-electron chi connectivity index (χ0n) is 15.0. The minimum atomic E-state index is 0.000817. The van der Waals surface area contributed by atoms with E-state index in [-0.39, 0.29) is 11.4 Å². The Morgan fingerprint density at radius 1 is 1.07 bits per heavy atom. The predicted octanol–water partition coefficient (Wildman–Crippen LogP) is 3.31. The molecule has 1 saturated heterocycles. The van der Waals surface area contributed by atoms with Crippen LogP contribution in [0.2, 0.25) is 5.02 Å². The van der Waals surface area contributed by atoms with Gasteiger partial charge in [0.15, 0.2) is 0 Å². The summed E-state index contributed by atoms with van der Waals surface area (Å²) < 4.78 is 1.81. The number of benzene rings is 1. The zero-order chi connectivity index (χ0) is 18.4. The summed E-state index contributed by atoms with van der Waals surface area (Å²) in [7, 11) is 0. The summed E-state index contributed by atoms with van der Waals surface area (Å²) in [5.74, 6) is 0.000817. The van der Waals surface area contributed by atoms with Crippen molar-refractivity contribution in [2.75, 3.05) is 13.1 Å². The van der Waals surface area contributed by atoms with E-state index >= 15 is 0 Å². The fourth-order valence-electron chi connectivity index (χ4n) is 4.33. The molecule has 4 heterocycles. The van der Waals surface area contributed by atoms with Crippen molar-refractivity contribution in [1.29, 1.82) is 0 Å². The molecule has 3 aromatic rings. The molecule has 2 aliphatic heterocycles. The molecule has 0 radical (unpaired) electrons. The van der Waals surface area contributed by atoms with E-state index in [4.69, 9.17) is 11.6 Å². The standard InChI is InChI=1S/C21H21ClN4O/c22-17-5-6-19-24-18(14-26(19)13-17)20(27)25-9-7-21(8-10-25)11-15-3-1-2-4-16(15)12-23-21/h1-6,13-14,23H,7-12H2. The van der Waals surface area contributed by atoms with Crippen molar-refractivity contribution < 1.29 is 4.79 Å². The average Bonchev–Trinajstić information content (AvgIpc) is 3.11. The molecule has 0 atom stereocenters. The first-order valence-corrected chi connectivity index (χ1v) is 9.75. The number of likely N-dealkylation sites (tertiary alicyclic amines) is 1. The largest absolute Gasteiger partial charge is 0.337 e. The Hall–Kier alpha value is -2.37.